The number of aryl methyl sites for hydroxylation is 1. The fraction of sp³-hybridized carbons (Fsp3) is 0.455. The van der Waals surface area contributed by atoms with Crippen molar-refractivity contribution in [3.63, 3.8) is 0 Å². The quantitative estimate of drug-likeness (QED) is 0.763. The molecule has 0 heterocycles. The molecule has 0 bridgehead atoms. The van der Waals surface area contributed by atoms with Crippen LogP contribution in [0.5, 0.6) is 5.75 Å². The highest BCUT2D eigenvalue weighted by Gasteiger charge is 2.00. The van der Waals surface area contributed by atoms with E-state index in [0.29, 0.717) is 6.61 Å². The van der Waals surface area contributed by atoms with Gasteiger partial charge in [0.2, 0.25) is 0 Å². The number of hydrogen-bond donors (Lipinski definition) is 0. The van der Waals surface area contributed by atoms with Gasteiger partial charge in [0.25, 0.3) is 0 Å². The second-order valence-electron chi connectivity index (χ2n) is 3.56. The van der Waals surface area contributed by atoms with Gasteiger partial charge in [0, 0.05) is 11.6 Å². The maximum absolute atomic E-state index is 5.87. The molecule has 0 aliphatic heterocycles. The van der Waals surface area contributed by atoms with Crippen LogP contribution in [-0.4, -0.2) is 32.1 Å². The second kappa shape index (κ2) is 5.23. The molecule has 0 radical (unpaired) electrons. The van der Waals surface area contributed by atoms with E-state index in [1.54, 1.807) is 0 Å². The van der Waals surface area contributed by atoms with Gasteiger partial charge in [-0.3, -0.25) is 0 Å². The maximum atomic E-state index is 5.87. The van der Waals surface area contributed by atoms with E-state index in [1.165, 1.54) is 0 Å². The third-order valence-electron chi connectivity index (χ3n) is 1.95. The molecule has 2 nitrogen and oxygen atoms in total. The van der Waals surface area contributed by atoms with Crippen LogP contribution in [0.3, 0.4) is 0 Å². The minimum atomic E-state index is 0.689. The molecular weight excluding hydrogens is 198 g/mol. The Bertz CT molecular complexity index is 299. The Balaban J connectivity index is 2.53. The number of halogens is 1. The summed E-state index contributed by atoms with van der Waals surface area (Å²) in [5.41, 5.74) is 1.12. The third kappa shape index (κ3) is 3.56. The first-order chi connectivity index (χ1) is 6.59. The molecule has 0 amide bonds. The van der Waals surface area contributed by atoms with Gasteiger partial charge in [-0.1, -0.05) is 17.7 Å². The molecule has 0 saturated carbocycles. The molecule has 3 heteroatoms. The third-order valence-corrected chi connectivity index (χ3v) is 2.18. The smallest absolute Gasteiger partial charge is 0.123 e. The Kier molecular flexibility index (Phi) is 4.23. The summed E-state index contributed by atoms with van der Waals surface area (Å²) in [5.74, 6) is 0.874. The molecule has 0 unspecified atom stereocenters. The SMILES string of the molecule is Cc1ccc(Cl)cc1OCCN(C)C. The summed E-state index contributed by atoms with van der Waals surface area (Å²) < 4.78 is 5.60. The molecule has 1 aromatic carbocycles. The van der Waals surface area contributed by atoms with Gasteiger partial charge >= 0.3 is 0 Å². The Hall–Kier alpha value is -0.730. The summed E-state index contributed by atoms with van der Waals surface area (Å²) in [4.78, 5) is 2.08. The number of likely N-dealkylation sites (N-methyl/N-ethyl adjacent to an activating group) is 1. The van der Waals surface area contributed by atoms with E-state index in [9.17, 15) is 0 Å². The Morgan fingerprint density at radius 2 is 2.07 bits per heavy atom. The van der Waals surface area contributed by atoms with Gasteiger partial charge in [0.1, 0.15) is 12.4 Å². The van der Waals surface area contributed by atoms with E-state index in [1.807, 2.05) is 39.2 Å². The number of nitrogens with zero attached hydrogens (tertiary/aromatic N) is 1. The van der Waals surface area contributed by atoms with Crippen LogP contribution in [0.4, 0.5) is 0 Å². The van der Waals surface area contributed by atoms with Crippen molar-refractivity contribution in [2.75, 3.05) is 27.2 Å². The summed E-state index contributed by atoms with van der Waals surface area (Å²) in [6.07, 6.45) is 0. The second-order valence-corrected chi connectivity index (χ2v) is 4.00. The predicted octanol–water partition coefficient (Wildman–Crippen LogP) is 2.59. The highest BCUT2D eigenvalue weighted by atomic mass is 35.5. The molecule has 78 valence electrons. The minimum Gasteiger partial charge on any atom is -0.492 e. The predicted molar refractivity (Wildman–Crippen MR) is 60.2 cm³/mol. The topological polar surface area (TPSA) is 12.5 Å². The van der Waals surface area contributed by atoms with Gasteiger partial charge in [0.05, 0.1) is 0 Å². The van der Waals surface area contributed by atoms with Gasteiger partial charge in [-0.2, -0.15) is 0 Å². The van der Waals surface area contributed by atoms with Gasteiger partial charge in [-0.05, 0) is 38.7 Å². The van der Waals surface area contributed by atoms with Crippen LogP contribution in [0.2, 0.25) is 5.02 Å². The fourth-order valence-corrected chi connectivity index (χ4v) is 1.23. The zero-order valence-corrected chi connectivity index (χ0v) is 9.64. The standard InChI is InChI=1S/C11H16ClNO/c1-9-4-5-10(12)8-11(9)14-7-6-13(2)3/h4-5,8H,6-7H2,1-3H3. The highest BCUT2D eigenvalue weighted by Crippen LogP contribution is 2.22. The number of rotatable bonds is 4. The average Bonchev–Trinajstić information content (AvgIpc) is 2.10. The first kappa shape index (κ1) is 11.3. The van der Waals surface area contributed by atoms with Crippen molar-refractivity contribution in [2.45, 2.75) is 6.92 Å². The van der Waals surface area contributed by atoms with Gasteiger partial charge in [-0.25, -0.2) is 0 Å². The van der Waals surface area contributed by atoms with E-state index in [0.717, 1.165) is 22.9 Å². The number of hydrogen-bond acceptors (Lipinski definition) is 2. The number of benzene rings is 1. The molecule has 0 saturated heterocycles. The zero-order chi connectivity index (χ0) is 10.6. The summed E-state index contributed by atoms with van der Waals surface area (Å²) in [6, 6.07) is 5.69. The van der Waals surface area contributed by atoms with E-state index < -0.39 is 0 Å². The van der Waals surface area contributed by atoms with E-state index in [-0.39, 0.29) is 0 Å². The molecule has 1 rings (SSSR count). The van der Waals surface area contributed by atoms with E-state index >= 15 is 0 Å². The van der Waals surface area contributed by atoms with Crippen LogP contribution in [-0.2, 0) is 0 Å². The van der Waals surface area contributed by atoms with Gasteiger partial charge in [0.15, 0.2) is 0 Å². The molecule has 0 N–H and O–H groups in total. The van der Waals surface area contributed by atoms with Crippen molar-refractivity contribution in [1.82, 2.24) is 4.90 Å². The highest BCUT2D eigenvalue weighted by molar-refractivity contribution is 6.30. The normalized spacial score (nSPS) is 10.6. The number of ether oxygens (including phenoxy) is 1. The molecule has 14 heavy (non-hydrogen) atoms. The molecule has 0 atom stereocenters. The molecule has 0 spiro atoms. The van der Waals surface area contributed by atoms with Crippen molar-refractivity contribution < 1.29 is 4.74 Å². The zero-order valence-electron chi connectivity index (χ0n) is 8.88. The van der Waals surface area contributed by atoms with Crippen LogP contribution in [0.15, 0.2) is 18.2 Å². The molecule has 0 fully saturated rings. The van der Waals surface area contributed by atoms with Crippen LogP contribution in [0, 0.1) is 6.92 Å². The van der Waals surface area contributed by atoms with Crippen molar-refractivity contribution in [3.8, 4) is 5.75 Å². The summed E-state index contributed by atoms with van der Waals surface area (Å²) in [5, 5.41) is 0.718. The first-order valence-corrected chi connectivity index (χ1v) is 5.01. The first-order valence-electron chi connectivity index (χ1n) is 4.63. The van der Waals surface area contributed by atoms with Gasteiger partial charge in [-0.15, -0.1) is 0 Å². The van der Waals surface area contributed by atoms with Crippen LogP contribution in [0.25, 0.3) is 0 Å². The molecule has 1 aromatic rings. The molecule has 0 aliphatic carbocycles. The Morgan fingerprint density at radius 3 is 2.71 bits per heavy atom. The molecular formula is C11H16ClNO. The largest absolute Gasteiger partial charge is 0.492 e. The minimum absolute atomic E-state index is 0.689. The van der Waals surface area contributed by atoms with Crippen LogP contribution in [0.1, 0.15) is 5.56 Å². The lowest BCUT2D eigenvalue weighted by molar-refractivity contribution is 0.260. The van der Waals surface area contributed by atoms with E-state index in [4.69, 9.17) is 16.3 Å². The summed E-state index contributed by atoms with van der Waals surface area (Å²) >= 11 is 5.87. The summed E-state index contributed by atoms with van der Waals surface area (Å²) in [7, 11) is 4.04. The van der Waals surface area contributed by atoms with Gasteiger partial charge < -0.3 is 9.64 Å². The lowest BCUT2D eigenvalue weighted by Crippen LogP contribution is -2.19. The van der Waals surface area contributed by atoms with Crippen LogP contribution < -0.4 is 4.74 Å². The van der Waals surface area contributed by atoms with Crippen molar-refractivity contribution >= 4 is 11.6 Å². The Labute approximate surface area is 90.4 Å². The lowest BCUT2D eigenvalue weighted by atomic mass is 10.2. The van der Waals surface area contributed by atoms with Crippen molar-refractivity contribution in [1.29, 1.82) is 0 Å². The lowest BCUT2D eigenvalue weighted by Gasteiger charge is -2.12. The molecule has 0 aromatic heterocycles. The molecule has 0 aliphatic rings. The van der Waals surface area contributed by atoms with E-state index in [2.05, 4.69) is 4.90 Å². The monoisotopic (exact) mass is 213 g/mol. The maximum Gasteiger partial charge on any atom is 0.123 e. The van der Waals surface area contributed by atoms with Crippen LogP contribution >= 0.6 is 11.6 Å². The summed E-state index contributed by atoms with van der Waals surface area (Å²) in [6.45, 7) is 3.61. The van der Waals surface area contributed by atoms with Crippen molar-refractivity contribution in [3.05, 3.63) is 28.8 Å². The fourth-order valence-electron chi connectivity index (χ4n) is 1.07. The Morgan fingerprint density at radius 1 is 1.36 bits per heavy atom. The average molecular weight is 214 g/mol. The van der Waals surface area contributed by atoms with Crippen molar-refractivity contribution in [2.24, 2.45) is 0 Å².